The normalized spacial score (nSPS) is 48.6. The van der Waals surface area contributed by atoms with Crippen molar-refractivity contribution in [3.05, 3.63) is 59.3 Å². The highest BCUT2D eigenvalue weighted by Crippen LogP contribution is 2.68. The van der Waals surface area contributed by atoms with Crippen LogP contribution in [0.4, 0.5) is 0 Å². The van der Waals surface area contributed by atoms with Gasteiger partial charge in [-0.3, -0.25) is 14.4 Å². The summed E-state index contributed by atoms with van der Waals surface area (Å²) in [6.45, 7) is 13.3. The van der Waals surface area contributed by atoms with Crippen molar-refractivity contribution in [2.45, 2.75) is 142 Å². The van der Waals surface area contributed by atoms with Crippen LogP contribution in [0.3, 0.4) is 0 Å². The number of ether oxygens (including phenoxy) is 1. The molecule has 0 aromatic rings. The molecule has 9 aliphatic rings. The van der Waals surface area contributed by atoms with Crippen molar-refractivity contribution < 1.29 is 25.7 Å². The van der Waals surface area contributed by atoms with Crippen LogP contribution in [0.25, 0.3) is 0 Å². The molecule has 1 aliphatic heterocycles. The number of allylic oxidation sites excluding steroid dienone is 8. The molecule has 0 aromatic carbocycles. The second-order valence-corrected chi connectivity index (χ2v) is 18.2. The van der Waals surface area contributed by atoms with Gasteiger partial charge in [-0.15, -0.1) is 6.58 Å². The lowest BCUT2D eigenvalue weighted by molar-refractivity contribution is -0.160. The highest BCUT2D eigenvalue weighted by atomic mass is 16.6. The Bertz CT molecular complexity index is 1620. The number of hydrogen-bond donors (Lipinski definition) is 1. The molecule has 1 heterocycles. The molecule has 1 N–H and O–H groups in total. The van der Waals surface area contributed by atoms with Gasteiger partial charge in [0, 0.05) is 42.3 Å². The van der Waals surface area contributed by atoms with Crippen molar-refractivity contribution >= 4 is 17.5 Å². The van der Waals surface area contributed by atoms with E-state index >= 15 is 0 Å². The van der Waals surface area contributed by atoms with E-state index in [1.165, 1.54) is 17.6 Å². The van der Waals surface area contributed by atoms with Gasteiger partial charge >= 0.3 is 5.97 Å². The van der Waals surface area contributed by atoms with Crippen LogP contribution in [-0.2, 0) is 19.1 Å². The summed E-state index contributed by atoms with van der Waals surface area (Å²) in [6.07, 6.45) is 25.9. The molecule has 0 radical (unpaired) electrons. The van der Waals surface area contributed by atoms with E-state index in [1.54, 1.807) is 17.2 Å². The summed E-state index contributed by atoms with van der Waals surface area (Å²) in [4.78, 5) is 35.6. The maximum atomic E-state index is 11.9. The molecule has 1 spiro atoms. The van der Waals surface area contributed by atoms with E-state index in [1.807, 2.05) is 12.2 Å². The SMILES string of the molecule is C=C[C@]1(O)CCC2C3CCC4=CC(=O)CC[C@]4(C)C3=CC[C@@]21C.C[C@]12CCC(=O)C=C1CCC1C2=CC[C@@]2(C)C1CCC21CCC(=O)O1.[HH]. The molecule has 9 rings (SSSR count). The van der Waals surface area contributed by atoms with Crippen LogP contribution in [-0.4, -0.2) is 33.8 Å². The molecule has 4 saturated carbocycles. The fourth-order valence-corrected chi connectivity index (χ4v) is 13.4. The van der Waals surface area contributed by atoms with Crippen molar-refractivity contribution in [1.82, 2.24) is 0 Å². The fraction of sp³-hybridized carbons (Fsp3) is 0.698. The number of esters is 1. The first-order chi connectivity index (χ1) is 22.7. The van der Waals surface area contributed by atoms with E-state index in [4.69, 9.17) is 4.74 Å². The Hall–Kier alpha value is -2.53. The quantitative estimate of drug-likeness (QED) is 0.225. The summed E-state index contributed by atoms with van der Waals surface area (Å²) in [7, 11) is 0. The molecular weight excluding hydrogens is 596 g/mol. The summed E-state index contributed by atoms with van der Waals surface area (Å²) in [5.41, 5.74) is 5.16. The summed E-state index contributed by atoms with van der Waals surface area (Å²) in [5, 5.41) is 11.1. The minimum absolute atomic E-state index is 0. The summed E-state index contributed by atoms with van der Waals surface area (Å²) >= 11 is 0. The topological polar surface area (TPSA) is 80.7 Å². The van der Waals surface area contributed by atoms with Crippen LogP contribution in [0.1, 0.15) is 132 Å². The molecule has 0 amide bonds. The summed E-state index contributed by atoms with van der Waals surface area (Å²) in [5.74, 6) is 2.95. The number of carbonyl (C=O) groups excluding carboxylic acids is 3. The molecule has 5 unspecified atom stereocenters. The number of ketones is 2. The molecule has 0 aromatic heterocycles. The Labute approximate surface area is 288 Å². The van der Waals surface area contributed by atoms with E-state index in [2.05, 4.69) is 46.4 Å². The highest BCUT2D eigenvalue weighted by Gasteiger charge is 2.65. The molecule has 8 aliphatic carbocycles. The first kappa shape index (κ1) is 32.7. The third-order valence-corrected chi connectivity index (χ3v) is 16.6. The Morgan fingerprint density at radius 1 is 0.708 bits per heavy atom. The molecular formula is C43H58O5. The van der Waals surface area contributed by atoms with E-state index in [-0.39, 0.29) is 34.7 Å². The van der Waals surface area contributed by atoms with Gasteiger partial charge in [-0.25, -0.2) is 0 Å². The molecule has 5 fully saturated rings. The number of rotatable bonds is 1. The standard InChI is InChI=1S/C22H28O3.C21H28O2.H2/c1-20-9-5-15(23)13-14(20)3-4-16-17(20)6-10-21(2)18(16)7-11-22(21)12-8-19(24)25-22;1-4-21(23)12-9-18-16-6-5-14-13-15(22)7-10-19(14,2)17(16)8-11-20(18,21)3;/h6,13,16,18H,3-5,7-12H2,1-2H3;4,8,13,16,18,23H,1,5-7,9-12H2,2-3H3;1H/t16?,18?,20-,21-,22?;16?,18?,19-,20-,21-;/m00./s1. The minimum atomic E-state index is -0.723. The average Bonchev–Trinajstić information content (AvgIpc) is 3.68. The smallest absolute Gasteiger partial charge is 0.306 e. The van der Waals surface area contributed by atoms with Crippen LogP contribution in [0.5, 0.6) is 0 Å². The van der Waals surface area contributed by atoms with Gasteiger partial charge in [0.1, 0.15) is 5.60 Å². The van der Waals surface area contributed by atoms with Gasteiger partial charge in [-0.2, -0.15) is 0 Å². The Balaban J connectivity index is 0.000000152. The molecule has 10 atom stereocenters. The summed E-state index contributed by atoms with van der Waals surface area (Å²) in [6, 6.07) is 0. The third-order valence-electron chi connectivity index (χ3n) is 16.6. The maximum Gasteiger partial charge on any atom is 0.306 e. The predicted molar refractivity (Wildman–Crippen MR) is 189 cm³/mol. The Kier molecular flexibility index (Phi) is 7.31. The lowest BCUT2D eigenvalue weighted by atomic mass is 9.50. The molecule has 1 saturated heterocycles. The fourth-order valence-electron chi connectivity index (χ4n) is 13.4. The van der Waals surface area contributed by atoms with Gasteiger partial charge in [-0.05, 0) is 119 Å². The third kappa shape index (κ3) is 4.27. The first-order valence-electron chi connectivity index (χ1n) is 19.2. The Morgan fingerprint density at radius 3 is 1.75 bits per heavy atom. The van der Waals surface area contributed by atoms with Gasteiger partial charge in [0.05, 0.1) is 5.60 Å². The zero-order chi connectivity index (χ0) is 33.9. The number of carbonyl (C=O) groups is 3. The van der Waals surface area contributed by atoms with Crippen LogP contribution in [0.2, 0.25) is 0 Å². The monoisotopic (exact) mass is 654 g/mol. The van der Waals surface area contributed by atoms with Gasteiger partial charge in [0.15, 0.2) is 11.6 Å². The molecule has 5 nitrogen and oxygen atoms in total. The van der Waals surface area contributed by atoms with Gasteiger partial charge in [0.2, 0.25) is 0 Å². The van der Waals surface area contributed by atoms with Crippen molar-refractivity contribution in [3.63, 3.8) is 0 Å². The van der Waals surface area contributed by atoms with E-state index < -0.39 is 5.60 Å². The predicted octanol–water partition coefficient (Wildman–Crippen LogP) is 9.12. The van der Waals surface area contributed by atoms with E-state index in [0.29, 0.717) is 54.5 Å². The largest absolute Gasteiger partial charge is 0.458 e. The van der Waals surface area contributed by atoms with Crippen LogP contribution < -0.4 is 0 Å². The average molecular weight is 655 g/mol. The van der Waals surface area contributed by atoms with Crippen molar-refractivity contribution in [2.75, 3.05) is 0 Å². The second-order valence-electron chi connectivity index (χ2n) is 18.2. The lowest BCUT2D eigenvalue weighted by Crippen LogP contribution is -2.50. The van der Waals surface area contributed by atoms with Crippen molar-refractivity contribution in [3.8, 4) is 0 Å². The van der Waals surface area contributed by atoms with Crippen molar-refractivity contribution in [2.24, 2.45) is 45.3 Å². The van der Waals surface area contributed by atoms with Crippen LogP contribution in [0, 0.1) is 45.3 Å². The molecule has 260 valence electrons. The lowest BCUT2D eigenvalue weighted by Gasteiger charge is -2.54. The van der Waals surface area contributed by atoms with Crippen LogP contribution >= 0.6 is 0 Å². The first-order valence-corrected chi connectivity index (χ1v) is 19.2. The zero-order valence-corrected chi connectivity index (χ0v) is 29.8. The van der Waals surface area contributed by atoms with E-state index in [0.717, 1.165) is 77.0 Å². The van der Waals surface area contributed by atoms with Crippen LogP contribution in [0.15, 0.2) is 59.3 Å². The van der Waals surface area contributed by atoms with Gasteiger partial charge < -0.3 is 9.84 Å². The second kappa shape index (κ2) is 10.7. The van der Waals surface area contributed by atoms with Gasteiger partial charge in [-0.1, -0.05) is 68.2 Å². The molecule has 48 heavy (non-hydrogen) atoms. The zero-order valence-electron chi connectivity index (χ0n) is 29.8. The summed E-state index contributed by atoms with van der Waals surface area (Å²) < 4.78 is 5.98. The highest BCUT2D eigenvalue weighted by molar-refractivity contribution is 5.92. The number of aliphatic hydroxyl groups is 1. The minimum Gasteiger partial charge on any atom is -0.458 e. The van der Waals surface area contributed by atoms with Gasteiger partial charge in [0.25, 0.3) is 0 Å². The number of hydrogen-bond acceptors (Lipinski definition) is 5. The molecule has 5 heteroatoms. The number of fused-ring (bicyclic) bond motifs is 11. The maximum absolute atomic E-state index is 11.9. The molecule has 0 bridgehead atoms. The van der Waals surface area contributed by atoms with E-state index in [9.17, 15) is 19.5 Å². The van der Waals surface area contributed by atoms with Crippen molar-refractivity contribution in [1.29, 1.82) is 0 Å². The Morgan fingerprint density at radius 2 is 1.23 bits per heavy atom.